The fraction of sp³-hybridized carbons (Fsp3) is 0.167. The summed E-state index contributed by atoms with van der Waals surface area (Å²) in [7, 11) is 0. The maximum absolute atomic E-state index is 13.7. The lowest BCUT2D eigenvalue weighted by Crippen LogP contribution is -2.43. The summed E-state index contributed by atoms with van der Waals surface area (Å²) in [5, 5.41) is 11.2. The van der Waals surface area contributed by atoms with Gasteiger partial charge in [0, 0.05) is 11.1 Å². The van der Waals surface area contributed by atoms with E-state index in [1.54, 1.807) is 0 Å². The van der Waals surface area contributed by atoms with Gasteiger partial charge in [-0.2, -0.15) is 5.11 Å². The number of nitrogens with one attached hydrogen (secondary N) is 1. The van der Waals surface area contributed by atoms with Gasteiger partial charge in [-0.15, -0.1) is 0 Å². The van der Waals surface area contributed by atoms with Gasteiger partial charge in [0.1, 0.15) is 18.2 Å². The maximum Gasteiger partial charge on any atom is 0.263 e. The number of imide groups is 1. The Labute approximate surface area is 167 Å². The number of rotatable bonds is 4. The van der Waals surface area contributed by atoms with E-state index in [0.29, 0.717) is 10.7 Å². The summed E-state index contributed by atoms with van der Waals surface area (Å²) in [6.07, 6.45) is 0. The zero-order valence-corrected chi connectivity index (χ0v) is 15.3. The molecule has 0 unspecified atom stereocenters. The molecule has 3 amide bonds. The van der Waals surface area contributed by atoms with Crippen molar-refractivity contribution in [1.29, 1.82) is 0 Å². The number of benzene rings is 2. The number of anilines is 2. The maximum atomic E-state index is 13.7. The molecule has 0 spiro atoms. The lowest BCUT2D eigenvalue weighted by atomic mass is 10.1. The van der Waals surface area contributed by atoms with Gasteiger partial charge in [-0.25, -0.2) is 13.7 Å². The van der Waals surface area contributed by atoms with Crippen LogP contribution < -0.4 is 10.2 Å². The molecule has 148 valence electrons. The molecule has 2 aliphatic heterocycles. The molecule has 4 rings (SSSR count). The van der Waals surface area contributed by atoms with Crippen molar-refractivity contribution in [3.8, 4) is 0 Å². The number of amides is 3. The molecule has 0 saturated carbocycles. The normalized spacial score (nSPS) is 20.4. The van der Waals surface area contributed by atoms with Crippen molar-refractivity contribution in [3.63, 3.8) is 0 Å². The van der Waals surface area contributed by atoms with Crippen molar-refractivity contribution in [2.45, 2.75) is 12.1 Å². The Morgan fingerprint density at radius 2 is 1.83 bits per heavy atom. The minimum Gasteiger partial charge on any atom is -0.322 e. The number of carbonyl (C=O) groups is 3. The van der Waals surface area contributed by atoms with Crippen molar-refractivity contribution in [2.75, 3.05) is 16.8 Å². The smallest absolute Gasteiger partial charge is 0.263 e. The summed E-state index contributed by atoms with van der Waals surface area (Å²) >= 11 is 5.83. The average Bonchev–Trinajstić information content (AvgIpc) is 3.19. The Hall–Kier alpha value is -3.40. The van der Waals surface area contributed by atoms with Gasteiger partial charge in [-0.05, 0) is 36.4 Å². The van der Waals surface area contributed by atoms with Crippen LogP contribution in [0.15, 0.2) is 52.8 Å². The first-order valence-electron chi connectivity index (χ1n) is 8.41. The van der Waals surface area contributed by atoms with Gasteiger partial charge < -0.3 is 5.32 Å². The van der Waals surface area contributed by atoms with Gasteiger partial charge in [0.15, 0.2) is 12.1 Å². The van der Waals surface area contributed by atoms with Gasteiger partial charge >= 0.3 is 0 Å². The molecule has 2 aromatic carbocycles. The minimum atomic E-state index is -1.10. The van der Waals surface area contributed by atoms with Gasteiger partial charge in [-0.3, -0.25) is 19.4 Å². The molecule has 1 fully saturated rings. The molecule has 2 atom stereocenters. The minimum absolute atomic E-state index is 0.320. The van der Waals surface area contributed by atoms with E-state index in [9.17, 15) is 23.2 Å². The van der Waals surface area contributed by atoms with Crippen molar-refractivity contribution in [1.82, 2.24) is 5.01 Å². The van der Waals surface area contributed by atoms with Crippen molar-refractivity contribution in [3.05, 3.63) is 59.1 Å². The predicted molar refractivity (Wildman–Crippen MR) is 98.1 cm³/mol. The molecule has 0 radical (unpaired) electrons. The van der Waals surface area contributed by atoms with Crippen LogP contribution in [-0.4, -0.2) is 41.4 Å². The monoisotopic (exact) mass is 419 g/mol. The Morgan fingerprint density at radius 1 is 1.10 bits per heavy atom. The topological polar surface area (TPSA) is 94.4 Å². The summed E-state index contributed by atoms with van der Waals surface area (Å²) in [6.45, 7) is -0.478. The number of hydrogen-bond donors (Lipinski definition) is 1. The van der Waals surface area contributed by atoms with E-state index in [2.05, 4.69) is 15.7 Å². The van der Waals surface area contributed by atoms with Crippen molar-refractivity contribution in [2.24, 2.45) is 10.3 Å². The first-order valence-corrected chi connectivity index (χ1v) is 8.78. The van der Waals surface area contributed by atoms with Gasteiger partial charge in [0.25, 0.3) is 11.8 Å². The molecule has 2 aliphatic rings. The third-order valence-electron chi connectivity index (χ3n) is 4.45. The Bertz CT molecular complexity index is 1050. The first kappa shape index (κ1) is 18.9. The van der Waals surface area contributed by atoms with Crippen LogP contribution in [-0.2, 0) is 14.4 Å². The number of nitrogens with zero attached hydrogens (tertiary/aromatic N) is 4. The molecule has 1 N–H and O–H groups in total. The molecular formula is C18H12ClF2N5O3. The van der Waals surface area contributed by atoms with Crippen LogP contribution >= 0.6 is 11.6 Å². The molecule has 0 aliphatic carbocycles. The molecule has 0 bridgehead atoms. The highest BCUT2D eigenvalue weighted by Crippen LogP contribution is 2.32. The lowest BCUT2D eigenvalue weighted by molar-refractivity contribution is -0.123. The summed E-state index contributed by atoms with van der Waals surface area (Å²) in [5.41, 5.74) is -0.0282. The highest BCUT2D eigenvalue weighted by molar-refractivity contribution is 6.31. The van der Waals surface area contributed by atoms with E-state index in [4.69, 9.17) is 11.6 Å². The quantitative estimate of drug-likeness (QED) is 0.770. The first-order chi connectivity index (χ1) is 13.8. The van der Waals surface area contributed by atoms with E-state index in [0.717, 1.165) is 28.1 Å². The molecule has 29 heavy (non-hydrogen) atoms. The zero-order chi connectivity index (χ0) is 20.7. The summed E-state index contributed by atoms with van der Waals surface area (Å²) in [4.78, 5) is 38.6. The van der Waals surface area contributed by atoms with Crippen LogP contribution in [0.3, 0.4) is 0 Å². The van der Waals surface area contributed by atoms with Crippen LogP contribution in [0.5, 0.6) is 0 Å². The highest BCUT2D eigenvalue weighted by Gasteiger charge is 2.55. The van der Waals surface area contributed by atoms with Crippen LogP contribution in [0, 0.1) is 11.6 Å². The third kappa shape index (κ3) is 3.42. The number of hydrogen-bond acceptors (Lipinski definition) is 6. The molecule has 11 heteroatoms. The SMILES string of the molecule is O=C(CN1N=N[C@@H]2C(=O)N(c3ccc(Cl)cc3)C(=O)[C@@H]21)Nc1cc(F)ccc1F. The van der Waals surface area contributed by atoms with Crippen LogP contribution in [0.1, 0.15) is 0 Å². The van der Waals surface area contributed by atoms with Crippen molar-refractivity contribution >= 4 is 40.7 Å². The molecule has 0 aromatic heterocycles. The van der Waals surface area contributed by atoms with E-state index >= 15 is 0 Å². The molecule has 1 saturated heterocycles. The highest BCUT2D eigenvalue weighted by atomic mass is 35.5. The molecular weight excluding hydrogens is 408 g/mol. The van der Waals surface area contributed by atoms with Crippen LogP contribution in [0.4, 0.5) is 20.2 Å². The molecule has 2 heterocycles. The predicted octanol–water partition coefficient (Wildman–Crippen LogP) is 2.55. The lowest BCUT2D eigenvalue weighted by Gasteiger charge is -2.20. The standard InChI is InChI=1S/C18H12ClF2N5O3/c19-9-1-4-11(5-2-9)26-17(28)15-16(18(26)29)25(24-23-15)8-14(27)22-13-7-10(20)3-6-12(13)21/h1-7,15-16H,8H2,(H,22,27)/t15-,16+/m0/s1. The summed E-state index contributed by atoms with van der Waals surface area (Å²) in [5.74, 6) is -3.47. The Morgan fingerprint density at radius 3 is 2.55 bits per heavy atom. The third-order valence-corrected chi connectivity index (χ3v) is 4.70. The summed E-state index contributed by atoms with van der Waals surface area (Å²) < 4.78 is 26.9. The number of carbonyl (C=O) groups excluding carboxylic acids is 3. The van der Waals surface area contributed by atoms with E-state index < -0.39 is 48.0 Å². The molecule has 2 aromatic rings. The fourth-order valence-electron chi connectivity index (χ4n) is 3.13. The fourth-order valence-corrected chi connectivity index (χ4v) is 3.25. The largest absolute Gasteiger partial charge is 0.322 e. The average molecular weight is 420 g/mol. The van der Waals surface area contributed by atoms with Crippen LogP contribution in [0.2, 0.25) is 5.02 Å². The van der Waals surface area contributed by atoms with E-state index in [-0.39, 0.29) is 5.69 Å². The number of fused-ring (bicyclic) bond motifs is 1. The van der Waals surface area contributed by atoms with E-state index in [1.165, 1.54) is 24.3 Å². The second-order valence-electron chi connectivity index (χ2n) is 6.35. The van der Waals surface area contributed by atoms with Gasteiger partial charge in [0.2, 0.25) is 5.91 Å². The van der Waals surface area contributed by atoms with Crippen LogP contribution in [0.25, 0.3) is 0 Å². The van der Waals surface area contributed by atoms with Gasteiger partial charge in [-0.1, -0.05) is 16.8 Å². The second kappa shape index (κ2) is 7.21. The Kier molecular flexibility index (Phi) is 4.71. The molecule has 8 nitrogen and oxygen atoms in total. The van der Waals surface area contributed by atoms with Gasteiger partial charge in [0.05, 0.1) is 11.4 Å². The van der Waals surface area contributed by atoms with Crippen molar-refractivity contribution < 1.29 is 23.2 Å². The Balaban J connectivity index is 1.49. The summed E-state index contributed by atoms with van der Waals surface area (Å²) in [6, 6.07) is 6.53. The number of halogens is 3. The van der Waals surface area contributed by atoms with E-state index in [1.807, 2.05) is 0 Å². The zero-order valence-electron chi connectivity index (χ0n) is 14.6. The second-order valence-corrected chi connectivity index (χ2v) is 6.79.